The summed E-state index contributed by atoms with van der Waals surface area (Å²) in [5.41, 5.74) is 2.14. The molecule has 0 aromatic heterocycles. The minimum Gasteiger partial charge on any atom is -0.853 e. The Morgan fingerprint density at radius 2 is 2.00 bits per heavy atom. The van der Waals surface area contributed by atoms with Gasteiger partial charge in [-0.3, -0.25) is 0 Å². The van der Waals surface area contributed by atoms with Crippen molar-refractivity contribution in [1.29, 1.82) is 0 Å². The van der Waals surface area contributed by atoms with Crippen LogP contribution in [0, 0.1) is 0 Å². The van der Waals surface area contributed by atoms with Crippen LogP contribution in [-0.4, -0.2) is 22.8 Å². The van der Waals surface area contributed by atoms with Gasteiger partial charge in [0.05, 0.1) is 0 Å². The van der Waals surface area contributed by atoms with Gasteiger partial charge < -0.3 is 5.11 Å². The van der Waals surface area contributed by atoms with Crippen molar-refractivity contribution in [2.75, 3.05) is 6.54 Å². The van der Waals surface area contributed by atoms with Gasteiger partial charge in [-0.15, -0.1) is 0 Å². The first-order valence-electron chi connectivity index (χ1n) is 4.18. The lowest BCUT2D eigenvalue weighted by molar-refractivity contribution is -0.563. The highest BCUT2D eigenvalue weighted by Crippen LogP contribution is 2.03. The minimum absolute atomic E-state index is 0.0460. The Morgan fingerprint density at radius 1 is 1.38 bits per heavy atom. The monoisotopic (exact) mass is 174 g/mol. The first kappa shape index (κ1) is 7.98. The summed E-state index contributed by atoms with van der Waals surface area (Å²) in [6.45, 7) is 2.38. The summed E-state index contributed by atoms with van der Waals surface area (Å²) in [7, 11) is 0. The van der Waals surface area contributed by atoms with Crippen LogP contribution in [0.3, 0.4) is 0 Å². The molecule has 0 saturated heterocycles. The summed E-state index contributed by atoms with van der Waals surface area (Å²) < 4.78 is 1.72. The highest BCUT2D eigenvalue weighted by molar-refractivity contribution is 5.96. The number of benzene rings is 1. The molecule has 2 rings (SSSR count). The van der Waals surface area contributed by atoms with Crippen molar-refractivity contribution in [1.82, 2.24) is 0 Å². The molecule has 3 heteroatoms. The van der Waals surface area contributed by atoms with E-state index < -0.39 is 0 Å². The topological polar surface area (TPSA) is 38.4 Å². The molecule has 66 valence electrons. The van der Waals surface area contributed by atoms with Gasteiger partial charge in [0.15, 0.2) is 0 Å². The van der Waals surface area contributed by atoms with Crippen LogP contribution in [0.2, 0.25) is 0 Å². The van der Waals surface area contributed by atoms with Crippen molar-refractivity contribution in [3.8, 4) is 0 Å². The molecule has 0 amide bonds. The summed E-state index contributed by atoms with van der Waals surface area (Å²) in [6.07, 6.45) is 0. The molecule has 0 unspecified atom stereocenters. The third-order valence-electron chi connectivity index (χ3n) is 2.10. The molecular formula is C10H10N2O. The second-order valence-electron chi connectivity index (χ2n) is 3.00. The molecule has 0 fully saturated rings. The summed E-state index contributed by atoms with van der Waals surface area (Å²) >= 11 is 0. The van der Waals surface area contributed by atoms with Gasteiger partial charge in [0.1, 0.15) is 5.90 Å². The van der Waals surface area contributed by atoms with Gasteiger partial charge in [-0.05, 0) is 17.2 Å². The van der Waals surface area contributed by atoms with Crippen LogP contribution in [0.5, 0.6) is 0 Å². The molecule has 0 radical (unpaired) electrons. The van der Waals surface area contributed by atoms with Crippen molar-refractivity contribution >= 4 is 11.6 Å². The standard InChI is InChI=1S/C10H10N2O/c1-8(12-7-10(13)11-12)9-5-3-2-4-6-9/h2-6H,7H2,1H3/b12-8-. The fraction of sp³-hybridized carbons (Fsp3) is 0.200. The quantitative estimate of drug-likeness (QED) is 0.560. The van der Waals surface area contributed by atoms with Crippen LogP contribution < -0.4 is 5.11 Å². The second-order valence-corrected chi connectivity index (χ2v) is 3.00. The Bertz CT molecular complexity index is 379. The van der Waals surface area contributed by atoms with Crippen molar-refractivity contribution in [3.05, 3.63) is 35.9 Å². The van der Waals surface area contributed by atoms with Gasteiger partial charge in [0.25, 0.3) is 0 Å². The lowest BCUT2D eigenvalue weighted by Gasteiger charge is -2.14. The number of hydrogen-bond acceptors (Lipinski definition) is 2. The summed E-state index contributed by atoms with van der Waals surface area (Å²) in [4.78, 5) is 0. The van der Waals surface area contributed by atoms with Gasteiger partial charge in [0, 0.05) is 12.5 Å². The third-order valence-corrected chi connectivity index (χ3v) is 2.10. The highest BCUT2D eigenvalue weighted by atomic mass is 16.3. The Hall–Kier alpha value is -1.64. The molecule has 1 aromatic rings. The van der Waals surface area contributed by atoms with E-state index in [0.29, 0.717) is 6.54 Å². The third kappa shape index (κ3) is 1.45. The van der Waals surface area contributed by atoms with Crippen LogP contribution in [-0.2, 0) is 0 Å². The largest absolute Gasteiger partial charge is 0.853 e. The minimum atomic E-state index is -0.0460. The molecule has 1 aliphatic heterocycles. The van der Waals surface area contributed by atoms with E-state index in [-0.39, 0.29) is 5.90 Å². The zero-order valence-corrected chi connectivity index (χ0v) is 7.40. The summed E-state index contributed by atoms with van der Waals surface area (Å²) in [6, 6.07) is 9.93. The molecule has 1 heterocycles. The Morgan fingerprint density at radius 3 is 2.54 bits per heavy atom. The number of hydrogen-bond donors (Lipinski definition) is 0. The van der Waals surface area contributed by atoms with E-state index >= 15 is 0 Å². The van der Waals surface area contributed by atoms with Crippen molar-refractivity contribution in [2.24, 2.45) is 5.10 Å². The Balaban J connectivity index is 2.34. The molecule has 0 aliphatic carbocycles. The first-order valence-corrected chi connectivity index (χ1v) is 4.18. The van der Waals surface area contributed by atoms with Gasteiger partial charge >= 0.3 is 0 Å². The Labute approximate surface area is 76.7 Å². The number of rotatable bonds is 1. The predicted molar refractivity (Wildman–Crippen MR) is 48.8 cm³/mol. The zero-order chi connectivity index (χ0) is 9.26. The van der Waals surface area contributed by atoms with Gasteiger partial charge in [0.2, 0.25) is 12.3 Å². The predicted octanol–water partition coefficient (Wildman–Crippen LogP) is 0.196. The normalized spacial score (nSPS) is 19.0. The average molecular weight is 174 g/mol. The lowest BCUT2D eigenvalue weighted by atomic mass is 10.1. The van der Waals surface area contributed by atoms with Crippen LogP contribution in [0.25, 0.3) is 0 Å². The van der Waals surface area contributed by atoms with E-state index in [1.807, 2.05) is 37.3 Å². The van der Waals surface area contributed by atoms with Gasteiger partial charge in [-0.2, -0.15) is 0 Å². The van der Waals surface area contributed by atoms with E-state index in [9.17, 15) is 5.11 Å². The first-order chi connectivity index (χ1) is 6.27. The van der Waals surface area contributed by atoms with E-state index in [4.69, 9.17) is 0 Å². The maximum absolute atomic E-state index is 10.6. The van der Waals surface area contributed by atoms with E-state index in [0.717, 1.165) is 11.3 Å². The molecule has 0 bridgehead atoms. The fourth-order valence-electron chi connectivity index (χ4n) is 1.27. The molecule has 0 N–H and O–H groups in total. The maximum atomic E-state index is 10.6. The van der Waals surface area contributed by atoms with Crippen molar-refractivity contribution < 1.29 is 9.79 Å². The second kappa shape index (κ2) is 3.01. The van der Waals surface area contributed by atoms with Gasteiger partial charge in [-0.25, -0.2) is 0 Å². The molecule has 3 nitrogen and oxygen atoms in total. The lowest BCUT2D eigenvalue weighted by Crippen LogP contribution is -2.40. The molecule has 0 atom stereocenters. The molecule has 0 spiro atoms. The molecule has 13 heavy (non-hydrogen) atoms. The number of nitrogens with zero attached hydrogens (tertiary/aromatic N) is 2. The summed E-state index contributed by atoms with van der Waals surface area (Å²) in [5.74, 6) is -0.0460. The number of hydrazone groups is 1. The smallest absolute Gasteiger partial charge is 0.212 e. The zero-order valence-electron chi connectivity index (χ0n) is 7.40. The molecule has 0 saturated carbocycles. The highest BCUT2D eigenvalue weighted by Gasteiger charge is 2.19. The fourth-order valence-corrected chi connectivity index (χ4v) is 1.27. The maximum Gasteiger partial charge on any atom is 0.212 e. The molecular weight excluding hydrogens is 164 g/mol. The van der Waals surface area contributed by atoms with Crippen molar-refractivity contribution in [3.63, 3.8) is 0 Å². The molecule has 1 aromatic carbocycles. The molecule has 1 aliphatic rings. The Kier molecular flexibility index (Phi) is 1.85. The average Bonchev–Trinajstić information content (AvgIpc) is 2.13. The van der Waals surface area contributed by atoms with Crippen LogP contribution >= 0.6 is 0 Å². The SMILES string of the molecule is C/C(c1ccccc1)=[N+]1\CC([O-])=N1. The summed E-state index contributed by atoms with van der Waals surface area (Å²) in [5, 5.41) is 14.4. The van der Waals surface area contributed by atoms with Crippen molar-refractivity contribution in [2.45, 2.75) is 6.92 Å². The van der Waals surface area contributed by atoms with E-state index in [1.54, 1.807) is 4.68 Å². The van der Waals surface area contributed by atoms with Gasteiger partial charge in [-0.1, -0.05) is 22.9 Å². The van der Waals surface area contributed by atoms with Crippen LogP contribution in [0.4, 0.5) is 0 Å². The van der Waals surface area contributed by atoms with E-state index in [2.05, 4.69) is 5.10 Å². The van der Waals surface area contributed by atoms with E-state index in [1.165, 1.54) is 0 Å². The van der Waals surface area contributed by atoms with Crippen LogP contribution in [0.15, 0.2) is 35.4 Å². The van der Waals surface area contributed by atoms with Crippen LogP contribution in [0.1, 0.15) is 12.5 Å².